The van der Waals surface area contributed by atoms with Crippen LogP contribution in [0.2, 0.25) is 0 Å². The summed E-state index contributed by atoms with van der Waals surface area (Å²) in [5.41, 5.74) is 0. The lowest BCUT2D eigenvalue weighted by Gasteiger charge is -2.42. The van der Waals surface area contributed by atoms with Crippen LogP contribution in [0.25, 0.3) is 0 Å². The standard InChI is InChI=1S/C26H44ClFN4O3/c1-34-21-9-17(10-22(13-21)35-2)14-31-25(33)19-8-16(15-32-26-29-5-6-30-26)7-18(11-19)23-4-3-20(28)12-24(23)27/h16-24H,3-15H2,1-2H3,(H,31,33)(H2,29,30,32). The molecule has 3 N–H and O–H groups in total. The van der Waals surface area contributed by atoms with Crippen LogP contribution in [0.15, 0.2) is 4.99 Å². The van der Waals surface area contributed by atoms with E-state index in [0.29, 0.717) is 37.1 Å². The smallest absolute Gasteiger partial charge is 0.223 e. The van der Waals surface area contributed by atoms with E-state index in [2.05, 4.69) is 20.9 Å². The summed E-state index contributed by atoms with van der Waals surface area (Å²) in [6, 6.07) is 0. The van der Waals surface area contributed by atoms with Gasteiger partial charge in [-0.3, -0.25) is 9.79 Å². The first-order valence-electron chi connectivity index (χ1n) is 13.6. The van der Waals surface area contributed by atoms with Crippen molar-refractivity contribution in [2.24, 2.45) is 34.6 Å². The fourth-order valence-corrected chi connectivity index (χ4v) is 7.39. The van der Waals surface area contributed by atoms with Crippen molar-refractivity contribution >= 4 is 23.5 Å². The number of hydrogen-bond donors (Lipinski definition) is 3. The fourth-order valence-electron chi connectivity index (χ4n) is 6.86. The molecule has 3 aliphatic carbocycles. The van der Waals surface area contributed by atoms with E-state index >= 15 is 0 Å². The third-order valence-electron chi connectivity index (χ3n) is 8.76. The number of nitrogens with one attached hydrogen (secondary N) is 3. The van der Waals surface area contributed by atoms with Crippen LogP contribution in [0.5, 0.6) is 0 Å². The Morgan fingerprint density at radius 1 is 1.03 bits per heavy atom. The molecule has 1 heterocycles. The van der Waals surface area contributed by atoms with Crippen molar-refractivity contribution < 1.29 is 18.7 Å². The van der Waals surface area contributed by atoms with E-state index in [9.17, 15) is 9.18 Å². The summed E-state index contributed by atoms with van der Waals surface area (Å²) in [6.07, 6.45) is 6.98. The highest BCUT2D eigenvalue weighted by atomic mass is 35.5. The Morgan fingerprint density at radius 3 is 2.43 bits per heavy atom. The second kappa shape index (κ2) is 12.9. The van der Waals surface area contributed by atoms with Crippen LogP contribution in [0.1, 0.15) is 57.8 Å². The van der Waals surface area contributed by atoms with Crippen molar-refractivity contribution in [2.75, 3.05) is 40.4 Å². The lowest BCUT2D eigenvalue weighted by atomic mass is 9.66. The van der Waals surface area contributed by atoms with Crippen molar-refractivity contribution in [1.29, 1.82) is 0 Å². The third kappa shape index (κ3) is 7.45. The van der Waals surface area contributed by atoms with E-state index in [1.807, 2.05) is 0 Å². The van der Waals surface area contributed by atoms with Crippen LogP contribution in [0, 0.1) is 29.6 Å². The zero-order chi connectivity index (χ0) is 24.8. The van der Waals surface area contributed by atoms with E-state index in [0.717, 1.165) is 70.5 Å². The van der Waals surface area contributed by atoms with Gasteiger partial charge in [-0.05, 0) is 81.5 Å². The average molecular weight is 515 g/mol. The zero-order valence-corrected chi connectivity index (χ0v) is 22.1. The predicted octanol–water partition coefficient (Wildman–Crippen LogP) is 3.26. The molecule has 1 aliphatic heterocycles. The molecule has 4 rings (SSSR count). The number of carbonyl (C=O) groups excluding carboxylic acids is 1. The van der Waals surface area contributed by atoms with E-state index in [-0.39, 0.29) is 35.3 Å². The molecule has 3 fully saturated rings. The lowest BCUT2D eigenvalue weighted by molar-refractivity contribution is -0.128. The van der Waals surface area contributed by atoms with E-state index < -0.39 is 6.17 Å². The van der Waals surface area contributed by atoms with Crippen LogP contribution < -0.4 is 16.0 Å². The number of aliphatic imine (C=N–C) groups is 1. The second-order valence-corrected chi connectivity index (χ2v) is 11.8. The van der Waals surface area contributed by atoms with Gasteiger partial charge in [0.15, 0.2) is 5.96 Å². The first-order chi connectivity index (χ1) is 16.9. The van der Waals surface area contributed by atoms with Gasteiger partial charge in [0.2, 0.25) is 5.91 Å². The highest BCUT2D eigenvalue weighted by Crippen LogP contribution is 2.44. The van der Waals surface area contributed by atoms with E-state index in [1.54, 1.807) is 14.2 Å². The van der Waals surface area contributed by atoms with Crippen molar-refractivity contribution in [3.8, 4) is 0 Å². The zero-order valence-electron chi connectivity index (χ0n) is 21.3. The van der Waals surface area contributed by atoms with Crippen LogP contribution >= 0.6 is 11.6 Å². The number of halogens is 2. The van der Waals surface area contributed by atoms with Gasteiger partial charge in [0.1, 0.15) is 6.17 Å². The highest BCUT2D eigenvalue weighted by molar-refractivity contribution is 6.20. The Bertz CT molecular complexity index is 717. The van der Waals surface area contributed by atoms with E-state index in [4.69, 9.17) is 21.1 Å². The Balaban J connectivity index is 1.36. The Kier molecular flexibility index (Phi) is 9.93. The number of carbonyl (C=O) groups is 1. The molecule has 200 valence electrons. The van der Waals surface area contributed by atoms with Gasteiger partial charge in [0.25, 0.3) is 0 Å². The molecule has 1 amide bonds. The number of alkyl halides is 2. The van der Waals surface area contributed by atoms with Crippen molar-refractivity contribution in [3.63, 3.8) is 0 Å². The molecule has 0 saturated heterocycles. The number of methoxy groups -OCH3 is 2. The molecule has 0 spiro atoms. The topological polar surface area (TPSA) is 84.0 Å². The molecule has 0 bridgehead atoms. The Labute approximate surface area is 214 Å². The van der Waals surface area contributed by atoms with Crippen LogP contribution in [0.3, 0.4) is 0 Å². The molecule has 3 saturated carbocycles. The first kappa shape index (κ1) is 26.9. The molecule has 8 unspecified atom stereocenters. The molecular formula is C26H44ClFN4O3. The lowest BCUT2D eigenvalue weighted by Crippen LogP contribution is -2.45. The quantitative estimate of drug-likeness (QED) is 0.433. The summed E-state index contributed by atoms with van der Waals surface area (Å²) in [7, 11) is 3.50. The summed E-state index contributed by atoms with van der Waals surface area (Å²) in [5, 5.41) is 9.84. The third-order valence-corrected chi connectivity index (χ3v) is 9.26. The maximum atomic E-state index is 13.9. The van der Waals surface area contributed by atoms with Crippen LogP contribution in [-0.4, -0.2) is 76.0 Å². The molecule has 7 nitrogen and oxygen atoms in total. The summed E-state index contributed by atoms with van der Waals surface area (Å²) >= 11 is 6.68. The average Bonchev–Trinajstić information content (AvgIpc) is 3.39. The van der Waals surface area contributed by atoms with Gasteiger partial charge < -0.3 is 25.4 Å². The SMILES string of the molecule is COC1CC(CNC(=O)C2CC(CNC3=NCCN3)CC(C3CCC(F)CC3Cl)C2)CC(OC)C1. The minimum atomic E-state index is -0.789. The molecule has 9 heteroatoms. The van der Waals surface area contributed by atoms with Gasteiger partial charge in [-0.2, -0.15) is 0 Å². The number of hydrogen-bond acceptors (Lipinski definition) is 6. The molecule has 4 aliphatic rings. The number of amides is 1. The number of rotatable bonds is 8. The molecular weight excluding hydrogens is 471 g/mol. The summed E-state index contributed by atoms with van der Waals surface area (Å²) in [4.78, 5) is 17.8. The van der Waals surface area contributed by atoms with Crippen molar-refractivity contribution in [1.82, 2.24) is 16.0 Å². The molecule has 35 heavy (non-hydrogen) atoms. The molecule has 8 atom stereocenters. The van der Waals surface area contributed by atoms with Gasteiger partial charge in [-0.15, -0.1) is 11.6 Å². The number of ether oxygens (including phenoxy) is 2. The van der Waals surface area contributed by atoms with Crippen molar-refractivity contribution in [2.45, 2.75) is 81.5 Å². The fraction of sp³-hybridized carbons (Fsp3) is 0.923. The van der Waals surface area contributed by atoms with Gasteiger partial charge in [0, 0.05) is 45.1 Å². The summed E-state index contributed by atoms with van der Waals surface area (Å²) in [5.74, 6) is 2.34. The van der Waals surface area contributed by atoms with E-state index in [1.165, 1.54) is 0 Å². The van der Waals surface area contributed by atoms with Gasteiger partial charge in [-0.1, -0.05) is 0 Å². The number of nitrogens with zero attached hydrogens (tertiary/aromatic N) is 1. The van der Waals surface area contributed by atoms with Crippen molar-refractivity contribution in [3.05, 3.63) is 0 Å². The monoisotopic (exact) mass is 514 g/mol. The molecule has 0 aromatic heterocycles. The second-order valence-electron chi connectivity index (χ2n) is 11.2. The molecule has 0 aromatic rings. The maximum Gasteiger partial charge on any atom is 0.223 e. The van der Waals surface area contributed by atoms with Gasteiger partial charge in [-0.25, -0.2) is 4.39 Å². The minimum absolute atomic E-state index is 0.0361. The van der Waals surface area contributed by atoms with Gasteiger partial charge in [0.05, 0.1) is 18.8 Å². The first-order valence-corrected chi connectivity index (χ1v) is 14.0. The van der Waals surface area contributed by atoms with Crippen LogP contribution in [-0.2, 0) is 14.3 Å². The largest absolute Gasteiger partial charge is 0.381 e. The normalized spacial score (nSPS) is 40.0. The predicted molar refractivity (Wildman–Crippen MR) is 136 cm³/mol. The minimum Gasteiger partial charge on any atom is -0.381 e. The summed E-state index contributed by atoms with van der Waals surface area (Å²) < 4.78 is 25.1. The Hall–Kier alpha value is -1.12. The maximum absolute atomic E-state index is 13.9. The molecule has 0 radical (unpaired) electrons. The molecule has 0 aromatic carbocycles. The highest BCUT2D eigenvalue weighted by Gasteiger charge is 2.41. The van der Waals surface area contributed by atoms with Crippen LogP contribution in [0.4, 0.5) is 4.39 Å². The number of guanidine groups is 1. The van der Waals surface area contributed by atoms with Gasteiger partial charge >= 0.3 is 0 Å². The Morgan fingerprint density at radius 2 is 1.77 bits per heavy atom. The summed E-state index contributed by atoms with van der Waals surface area (Å²) in [6.45, 7) is 3.13.